The number of carbonyl (C=O) groups excluding carboxylic acids is 2. The highest BCUT2D eigenvalue weighted by Gasteiger charge is 2.03. The van der Waals surface area contributed by atoms with Crippen LogP contribution in [0.5, 0.6) is 0 Å². The minimum Gasteiger partial charge on any atom is -0.550 e. The lowest BCUT2D eigenvalue weighted by molar-refractivity contribution is -0.311. The van der Waals surface area contributed by atoms with Gasteiger partial charge in [0.1, 0.15) is 0 Å². The van der Waals surface area contributed by atoms with Gasteiger partial charge in [-0.2, -0.15) is 0 Å². The Labute approximate surface area is 70.5 Å². The third-order valence-corrected chi connectivity index (χ3v) is 1.48. The van der Waals surface area contributed by atoms with E-state index < -0.39 is 17.9 Å². The molecule has 68 valence electrons. The summed E-state index contributed by atoms with van der Waals surface area (Å²) in [5, 5.41) is 20.2. The van der Waals surface area contributed by atoms with Gasteiger partial charge < -0.3 is 19.8 Å². The van der Waals surface area contributed by atoms with Gasteiger partial charge in [0, 0.05) is 17.9 Å². The average Bonchev–Trinajstić information content (AvgIpc) is 1.96. The molecule has 0 saturated heterocycles. The monoisotopic (exact) mass is 170 g/mol. The molecule has 0 N–H and O–H groups in total. The molecule has 0 saturated carbocycles. The Morgan fingerprint density at radius 1 is 1.42 bits per heavy atom. The van der Waals surface area contributed by atoms with Crippen molar-refractivity contribution in [2.75, 3.05) is 0 Å². The molecular formula is C8H10O4-2. The number of carboxylic acids is 2. The van der Waals surface area contributed by atoms with E-state index in [4.69, 9.17) is 0 Å². The first kappa shape index (κ1) is 10.7. The molecule has 0 aromatic heterocycles. The van der Waals surface area contributed by atoms with Crippen molar-refractivity contribution in [2.45, 2.75) is 19.3 Å². The Morgan fingerprint density at radius 3 is 2.33 bits per heavy atom. The molecule has 0 spiro atoms. The molecule has 4 heteroatoms. The highest BCUT2D eigenvalue weighted by atomic mass is 16.4. The van der Waals surface area contributed by atoms with Crippen molar-refractivity contribution in [2.24, 2.45) is 5.92 Å². The van der Waals surface area contributed by atoms with Crippen molar-refractivity contribution in [3.05, 3.63) is 12.7 Å². The second-order valence-corrected chi connectivity index (χ2v) is 2.43. The number of rotatable bonds is 6. The summed E-state index contributed by atoms with van der Waals surface area (Å²) in [5.41, 5.74) is 0. The van der Waals surface area contributed by atoms with E-state index in [0.717, 1.165) is 0 Å². The second kappa shape index (κ2) is 5.35. The number of hydrogen-bond donors (Lipinski definition) is 0. The predicted molar refractivity (Wildman–Crippen MR) is 37.6 cm³/mol. The van der Waals surface area contributed by atoms with Crippen molar-refractivity contribution >= 4 is 11.9 Å². The molecule has 0 aliphatic rings. The maximum Gasteiger partial charge on any atom is 0.0482 e. The maximum absolute atomic E-state index is 10.3. The standard InChI is InChI=1S/C8H12O4/c1-2-6(8(11)12)4-3-5-7(9)10/h2,6H,1,3-5H2,(H,9,10)(H,11,12)/p-2. The van der Waals surface area contributed by atoms with Crippen molar-refractivity contribution in [3.63, 3.8) is 0 Å². The number of hydrogen-bond acceptors (Lipinski definition) is 4. The van der Waals surface area contributed by atoms with Crippen LogP contribution in [0.25, 0.3) is 0 Å². The van der Waals surface area contributed by atoms with Crippen LogP contribution in [0, 0.1) is 5.92 Å². The van der Waals surface area contributed by atoms with Gasteiger partial charge in [-0.25, -0.2) is 0 Å². The summed E-state index contributed by atoms with van der Waals surface area (Å²) in [6.45, 7) is 3.30. The van der Waals surface area contributed by atoms with Crippen molar-refractivity contribution in [3.8, 4) is 0 Å². The van der Waals surface area contributed by atoms with E-state index in [0.29, 0.717) is 0 Å². The lowest BCUT2D eigenvalue weighted by Crippen LogP contribution is -2.30. The van der Waals surface area contributed by atoms with Crippen LogP contribution in [-0.2, 0) is 9.59 Å². The average molecular weight is 170 g/mol. The van der Waals surface area contributed by atoms with Crippen LogP contribution in [0.1, 0.15) is 19.3 Å². The number of carbonyl (C=O) groups is 2. The van der Waals surface area contributed by atoms with Gasteiger partial charge in [-0.1, -0.05) is 6.08 Å². The third kappa shape index (κ3) is 4.49. The molecule has 0 aromatic carbocycles. The molecule has 0 rings (SSSR count). The van der Waals surface area contributed by atoms with E-state index in [-0.39, 0.29) is 19.3 Å². The molecule has 0 bridgehead atoms. The quantitative estimate of drug-likeness (QED) is 0.452. The van der Waals surface area contributed by atoms with Crippen LogP contribution in [0.3, 0.4) is 0 Å². The summed E-state index contributed by atoms with van der Waals surface area (Å²) in [6.07, 6.45) is 1.62. The van der Waals surface area contributed by atoms with E-state index in [1.165, 1.54) is 6.08 Å². The number of carboxylic acid groups (broad SMARTS) is 2. The zero-order chi connectivity index (χ0) is 9.56. The van der Waals surface area contributed by atoms with Crippen LogP contribution in [-0.4, -0.2) is 11.9 Å². The van der Waals surface area contributed by atoms with E-state index in [9.17, 15) is 19.8 Å². The predicted octanol–water partition coefficient (Wildman–Crippen LogP) is -1.54. The fraction of sp³-hybridized carbons (Fsp3) is 0.500. The third-order valence-electron chi connectivity index (χ3n) is 1.48. The van der Waals surface area contributed by atoms with Gasteiger partial charge in [-0.15, -0.1) is 6.58 Å². The lowest BCUT2D eigenvalue weighted by atomic mass is 10.0. The zero-order valence-corrected chi connectivity index (χ0v) is 6.62. The van der Waals surface area contributed by atoms with Crippen LogP contribution in [0.2, 0.25) is 0 Å². The largest absolute Gasteiger partial charge is 0.550 e. The van der Waals surface area contributed by atoms with Crippen LogP contribution in [0.4, 0.5) is 0 Å². The highest BCUT2D eigenvalue weighted by molar-refractivity contribution is 5.69. The van der Waals surface area contributed by atoms with Gasteiger partial charge in [0.15, 0.2) is 0 Å². The first-order valence-corrected chi connectivity index (χ1v) is 3.61. The Bertz CT molecular complexity index is 185. The van der Waals surface area contributed by atoms with Gasteiger partial charge in [0.05, 0.1) is 0 Å². The SMILES string of the molecule is C=CC(CCCC(=O)[O-])C(=O)[O-]. The molecule has 12 heavy (non-hydrogen) atoms. The summed E-state index contributed by atoms with van der Waals surface area (Å²) in [6, 6.07) is 0. The van der Waals surface area contributed by atoms with Crippen LogP contribution < -0.4 is 10.2 Å². The van der Waals surface area contributed by atoms with Crippen LogP contribution in [0.15, 0.2) is 12.7 Å². The fourth-order valence-electron chi connectivity index (χ4n) is 0.798. The van der Waals surface area contributed by atoms with E-state index >= 15 is 0 Å². The smallest absolute Gasteiger partial charge is 0.0482 e. The summed E-state index contributed by atoms with van der Waals surface area (Å²) in [7, 11) is 0. The minimum atomic E-state index is -1.22. The molecule has 0 heterocycles. The molecule has 0 radical (unpaired) electrons. The Balaban J connectivity index is 3.66. The maximum atomic E-state index is 10.3. The molecule has 0 aromatic rings. The summed E-state index contributed by atoms with van der Waals surface area (Å²) < 4.78 is 0. The Hall–Kier alpha value is -1.32. The molecule has 0 aliphatic heterocycles. The van der Waals surface area contributed by atoms with Crippen LogP contribution >= 0.6 is 0 Å². The first-order valence-electron chi connectivity index (χ1n) is 3.61. The molecular weight excluding hydrogens is 160 g/mol. The fourth-order valence-corrected chi connectivity index (χ4v) is 0.798. The number of aliphatic carboxylic acids is 2. The van der Waals surface area contributed by atoms with Gasteiger partial charge in [0.2, 0.25) is 0 Å². The molecule has 0 aliphatic carbocycles. The molecule has 0 fully saturated rings. The summed E-state index contributed by atoms with van der Waals surface area (Å²) in [4.78, 5) is 20.2. The van der Waals surface area contributed by atoms with Crippen molar-refractivity contribution in [1.29, 1.82) is 0 Å². The summed E-state index contributed by atoms with van der Waals surface area (Å²) >= 11 is 0. The molecule has 0 amide bonds. The molecule has 1 atom stereocenters. The minimum absolute atomic E-state index is 0.127. The summed E-state index contributed by atoms with van der Waals surface area (Å²) in [5.74, 6) is -3.15. The van der Waals surface area contributed by atoms with Gasteiger partial charge in [0.25, 0.3) is 0 Å². The van der Waals surface area contributed by atoms with Crippen molar-refractivity contribution < 1.29 is 19.8 Å². The topological polar surface area (TPSA) is 80.3 Å². The van der Waals surface area contributed by atoms with Gasteiger partial charge >= 0.3 is 0 Å². The van der Waals surface area contributed by atoms with E-state index in [2.05, 4.69) is 6.58 Å². The Kier molecular flexibility index (Phi) is 4.76. The van der Waals surface area contributed by atoms with Gasteiger partial charge in [-0.05, 0) is 19.3 Å². The first-order chi connectivity index (χ1) is 5.57. The Morgan fingerprint density at radius 2 is 2.00 bits per heavy atom. The molecule has 4 nitrogen and oxygen atoms in total. The molecule has 1 unspecified atom stereocenters. The van der Waals surface area contributed by atoms with Gasteiger partial charge in [-0.3, -0.25) is 0 Å². The normalized spacial score (nSPS) is 12.0. The van der Waals surface area contributed by atoms with E-state index in [1.807, 2.05) is 0 Å². The van der Waals surface area contributed by atoms with Crippen molar-refractivity contribution in [1.82, 2.24) is 0 Å². The van der Waals surface area contributed by atoms with E-state index in [1.54, 1.807) is 0 Å². The lowest BCUT2D eigenvalue weighted by Gasteiger charge is -2.12. The zero-order valence-electron chi connectivity index (χ0n) is 6.62. The second-order valence-electron chi connectivity index (χ2n) is 2.43. The highest BCUT2D eigenvalue weighted by Crippen LogP contribution is 2.07.